The molecule has 94 valence electrons. The van der Waals surface area contributed by atoms with E-state index in [2.05, 4.69) is 28.6 Å². The van der Waals surface area contributed by atoms with Crippen molar-refractivity contribution in [3.8, 4) is 0 Å². The van der Waals surface area contributed by atoms with Crippen LogP contribution in [0.25, 0.3) is 10.9 Å². The topological polar surface area (TPSA) is 39.1 Å². The largest absolute Gasteiger partial charge is 0.496 e. The van der Waals surface area contributed by atoms with Crippen LogP contribution in [0.5, 0.6) is 0 Å². The van der Waals surface area contributed by atoms with E-state index in [9.17, 15) is 0 Å². The molecule has 0 spiro atoms. The van der Waals surface area contributed by atoms with Gasteiger partial charge in [0.15, 0.2) is 0 Å². The number of hydrogen-bond acceptors (Lipinski definition) is 3. The van der Waals surface area contributed by atoms with Gasteiger partial charge in [0, 0.05) is 18.9 Å². The fourth-order valence-corrected chi connectivity index (χ4v) is 2.51. The van der Waals surface area contributed by atoms with Crippen LogP contribution in [0, 0.1) is 0 Å². The van der Waals surface area contributed by atoms with Crippen molar-refractivity contribution >= 4 is 10.9 Å². The Morgan fingerprint density at radius 2 is 2.22 bits per heavy atom. The maximum absolute atomic E-state index is 5.67. The molecule has 0 saturated heterocycles. The third-order valence-electron chi connectivity index (χ3n) is 3.37. The molecule has 1 aliphatic heterocycles. The fourth-order valence-electron chi connectivity index (χ4n) is 2.51. The molecule has 1 aliphatic rings. The molecular weight excluding hydrogens is 226 g/mol. The van der Waals surface area contributed by atoms with Crippen LogP contribution in [0.4, 0.5) is 0 Å². The van der Waals surface area contributed by atoms with Crippen molar-refractivity contribution in [3.63, 3.8) is 0 Å². The highest BCUT2D eigenvalue weighted by Crippen LogP contribution is 2.30. The summed E-state index contributed by atoms with van der Waals surface area (Å²) >= 11 is 0. The van der Waals surface area contributed by atoms with Crippen molar-refractivity contribution in [2.24, 2.45) is 7.05 Å². The molecule has 2 heterocycles. The molecule has 0 bridgehead atoms. The number of aromatic nitrogens is 2. The monoisotopic (exact) mass is 243 g/mol. The Bertz CT molecular complexity index is 600. The summed E-state index contributed by atoms with van der Waals surface area (Å²) in [5, 5.41) is 9.11. The van der Waals surface area contributed by atoms with Crippen molar-refractivity contribution in [2.45, 2.75) is 12.5 Å². The van der Waals surface area contributed by atoms with E-state index in [0.29, 0.717) is 0 Å². The lowest BCUT2D eigenvalue weighted by Crippen LogP contribution is -2.20. The van der Waals surface area contributed by atoms with Gasteiger partial charge in [-0.15, -0.1) is 0 Å². The Morgan fingerprint density at radius 1 is 1.39 bits per heavy atom. The number of nitrogens with zero attached hydrogens (tertiary/aromatic N) is 2. The molecule has 1 atom stereocenters. The Labute approximate surface area is 106 Å². The number of benzene rings is 1. The van der Waals surface area contributed by atoms with Crippen molar-refractivity contribution < 1.29 is 4.74 Å². The molecule has 0 radical (unpaired) electrons. The summed E-state index contributed by atoms with van der Waals surface area (Å²) < 4.78 is 7.59. The first kappa shape index (κ1) is 11.3. The highest BCUT2D eigenvalue weighted by molar-refractivity contribution is 5.82. The van der Waals surface area contributed by atoms with Crippen molar-refractivity contribution in [1.82, 2.24) is 15.1 Å². The zero-order chi connectivity index (χ0) is 12.5. The van der Waals surface area contributed by atoms with Crippen LogP contribution in [0.1, 0.15) is 18.2 Å². The van der Waals surface area contributed by atoms with Gasteiger partial charge in [-0.3, -0.25) is 4.68 Å². The van der Waals surface area contributed by atoms with Gasteiger partial charge in [0.1, 0.15) is 11.8 Å². The number of nitrogens with one attached hydrogen (secondary N) is 1. The van der Waals surface area contributed by atoms with E-state index in [1.807, 2.05) is 30.9 Å². The Kier molecular flexibility index (Phi) is 2.80. The maximum atomic E-state index is 5.67. The second kappa shape index (κ2) is 4.46. The van der Waals surface area contributed by atoms with E-state index in [-0.39, 0.29) is 6.04 Å². The van der Waals surface area contributed by atoms with Gasteiger partial charge >= 0.3 is 0 Å². The summed E-state index contributed by atoms with van der Waals surface area (Å²) in [6, 6.07) is 8.32. The van der Waals surface area contributed by atoms with Crippen molar-refractivity contribution in [1.29, 1.82) is 0 Å². The molecule has 3 rings (SSSR count). The van der Waals surface area contributed by atoms with Gasteiger partial charge in [0.05, 0.1) is 17.8 Å². The first-order chi connectivity index (χ1) is 8.81. The average Bonchev–Trinajstić information content (AvgIpc) is 3.01. The minimum absolute atomic E-state index is 0.0404. The first-order valence-corrected chi connectivity index (χ1v) is 6.23. The number of fused-ring (bicyclic) bond motifs is 1. The Hall–Kier alpha value is -1.81. The van der Waals surface area contributed by atoms with Gasteiger partial charge in [-0.05, 0) is 19.2 Å². The molecule has 0 amide bonds. The Morgan fingerprint density at radius 3 is 2.94 bits per heavy atom. The minimum atomic E-state index is 0.0404. The molecule has 4 nitrogen and oxygen atoms in total. The van der Waals surface area contributed by atoms with Crippen LogP contribution in [-0.4, -0.2) is 23.4 Å². The minimum Gasteiger partial charge on any atom is -0.496 e. The molecular formula is C14H17N3O. The van der Waals surface area contributed by atoms with Crippen LogP contribution in [0.3, 0.4) is 0 Å². The lowest BCUT2D eigenvalue weighted by molar-refractivity contribution is 0.217. The van der Waals surface area contributed by atoms with Gasteiger partial charge < -0.3 is 10.1 Å². The quantitative estimate of drug-likeness (QED) is 0.897. The van der Waals surface area contributed by atoms with Crippen LogP contribution >= 0.6 is 0 Å². The summed E-state index contributed by atoms with van der Waals surface area (Å²) in [6.45, 7) is 0.776. The number of aryl methyl sites for hydroxylation is 1. The summed E-state index contributed by atoms with van der Waals surface area (Å²) in [5.41, 5.74) is 2.18. The van der Waals surface area contributed by atoms with Crippen LogP contribution in [-0.2, 0) is 11.8 Å². The number of hydrogen-bond donors (Lipinski definition) is 1. The molecule has 1 unspecified atom stereocenters. The third kappa shape index (κ3) is 1.69. The highest BCUT2D eigenvalue weighted by Gasteiger charge is 2.24. The maximum Gasteiger partial charge on any atom is 0.115 e. The molecule has 0 aliphatic carbocycles. The number of para-hydroxylation sites is 1. The normalized spacial score (nSPS) is 16.7. The lowest BCUT2D eigenvalue weighted by atomic mass is 10.1. The van der Waals surface area contributed by atoms with Gasteiger partial charge in [0.2, 0.25) is 0 Å². The van der Waals surface area contributed by atoms with E-state index in [4.69, 9.17) is 4.74 Å². The van der Waals surface area contributed by atoms with E-state index in [1.54, 1.807) is 0 Å². The fraction of sp³-hybridized carbons (Fsp3) is 0.357. The van der Waals surface area contributed by atoms with E-state index < -0.39 is 0 Å². The Balaban J connectivity index is 2.12. The van der Waals surface area contributed by atoms with Gasteiger partial charge in [0.25, 0.3) is 0 Å². The van der Waals surface area contributed by atoms with Gasteiger partial charge in [-0.25, -0.2) is 0 Å². The predicted molar refractivity (Wildman–Crippen MR) is 71.2 cm³/mol. The molecule has 1 N–H and O–H groups in total. The van der Waals surface area contributed by atoms with Gasteiger partial charge in [-0.2, -0.15) is 5.10 Å². The van der Waals surface area contributed by atoms with Crippen molar-refractivity contribution in [2.75, 3.05) is 13.7 Å². The second-order valence-electron chi connectivity index (χ2n) is 4.49. The standard InChI is InChI=1S/C14H17N3O/c1-15-14(12-8-5-9-18-12)13-10-6-3-4-7-11(10)17(2)16-13/h3-4,6-8,14-15H,5,9H2,1-2H3. The van der Waals surface area contributed by atoms with E-state index >= 15 is 0 Å². The number of rotatable bonds is 3. The summed E-state index contributed by atoms with van der Waals surface area (Å²) in [4.78, 5) is 0. The van der Waals surface area contributed by atoms with Crippen LogP contribution in [0.2, 0.25) is 0 Å². The van der Waals surface area contributed by atoms with Crippen LogP contribution in [0.15, 0.2) is 36.1 Å². The first-order valence-electron chi connectivity index (χ1n) is 6.23. The highest BCUT2D eigenvalue weighted by atomic mass is 16.5. The summed E-state index contributed by atoms with van der Waals surface area (Å²) in [5.74, 6) is 0.987. The smallest absolute Gasteiger partial charge is 0.115 e. The summed E-state index contributed by atoms with van der Waals surface area (Å²) in [7, 11) is 3.92. The molecule has 1 aromatic carbocycles. The third-order valence-corrected chi connectivity index (χ3v) is 3.37. The van der Waals surface area contributed by atoms with E-state index in [1.165, 1.54) is 5.39 Å². The predicted octanol–water partition coefficient (Wildman–Crippen LogP) is 2.14. The van der Waals surface area contributed by atoms with E-state index in [0.717, 1.165) is 30.0 Å². The molecule has 18 heavy (non-hydrogen) atoms. The summed E-state index contributed by atoms with van der Waals surface area (Å²) in [6.07, 6.45) is 3.13. The zero-order valence-electron chi connectivity index (χ0n) is 10.7. The number of ether oxygens (including phenoxy) is 1. The average molecular weight is 243 g/mol. The lowest BCUT2D eigenvalue weighted by Gasteiger charge is -2.15. The molecule has 2 aromatic rings. The molecule has 0 fully saturated rings. The van der Waals surface area contributed by atoms with Gasteiger partial charge in [-0.1, -0.05) is 18.2 Å². The molecule has 0 saturated carbocycles. The zero-order valence-corrected chi connectivity index (χ0v) is 10.7. The molecule has 4 heteroatoms. The second-order valence-corrected chi connectivity index (χ2v) is 4.49. The number of likely N-dealkylation sites (N-methyl/N-ethyl adjacent to an activating group) is 1. The molecule has 1 aromatic heterocycles. The SMILES string of the molecule is CNC(C1=CCCO1)c1nn(C)c2ccccc12. The van der Waals surface area contributed by atoms with Crippen LogP contribution < -0.4 is 5.32 Å². The van der Waals surface area contributed by atoms with Crippen molar-refractivity contribution in [3.05, 3.63) is 41.8 Å².